The first kappa shape index (κ1) is 18.7. The lowest BCUT2D eigenvalue weighted by atomic mass is 9.91. The molecule has 0 saturated heterocycles. The first-order valence-electron chi connectivity index (χ1n) is 8.75. The van der Waals surface area contributed by atoms with E-state index in [-0.39, 0.29) is 0 Å². The van der Waals surface area contributed by atoms with E-state index in [1.807, 2.05) is 0 Å². The Hall–Kier alpha value is -0.300. The summed E-state index contributed by atoms with van der Waals surface area (Å²) in [4.78, 5) is 0. The molecule has 0 atom stereocenters. The lowest BCUT2D eigenvalue weighted by Gasteiger charge is -2.17. The summed E-state index contributed by atoms with van der Waals surface area (Å²) in [5.74, 6) is 0. The third-order valence-corrected chi connectivity index (χ3v) is 6.16. The molecule has 0 nitrogen and oxygen atoms in total. The highest BCUT2D eigenvalue weighted by atomic mass is 79.9. The third-order valence-electron chi connectivity index (χ3n) is 4.97. The molecule has 0 heterocycles. The molecule has 0 bridgehead atoms. The van der Waals surface area contributed by atoms with Gasteiger partial charge in [0.15, 0.2) is 0 Å². The van der Waals surface area contributed by atoms with Crippen molar-refractivity contribution in [3.63, 3.8) is 0 Å². The van der Waals surface area contributed by atoms with Gasteiger partial charge in [-0.2, -0.15) is 0 Å². The van der Waals surface area contributed by atoms with Crippen molar-refractivity contribution >= 4 is 15.9 Å². The molecule has 21 heavy (non-hydrogen) atoms. The van der Waals surface area contributed by atoms with Crippen molar-refractivity contribution in [1.82, 2.24) is 0 Å². The first-order chi connectivity index (χ1) is 10.0. The molecule has 0 aromatic heterocycles. The van der Waals surface area contributed by atoms with Gasteiger partial charge < -0.3 is 0 Å². The SMILES string of the molecule is CCCCCCCCCCc1c(C)c(C)c(Br)c(C)c1C. The van der Waals surface area contributed by atoms with Crippen LogP contribution in [-0.4, -0.2) is 0 Å². The van der Waals surface area contributed by atoms with Gasteiger partial charge in [-0.25, -0.2) is 0 Å². The first-order valence-corrected chi connectivity index (χ1v) is 9.54. The normalized spacial score (nSPS) is 11.1. The zero-order chi connectivity index (χ0) is 15.8. The van der Waals surface area contributed by atoms with Crippen LogP contribution in [0.4, 0.5) is 0 Å². The highest BCUT2D eigenvalue weighted by Crippen LogP contribution is 2.31. The van der Waals surface area contributed by atoms with Crippen LogP contribution in [0, 0.1) is 27.7 Å². The van der Waals surface area contributed by atoms with E-state index in [9.17, 15) is 0 Å². The molecular weight excluding hydrogens is 320 g/mol. The molecule has 0 amide bonds. The standard InChI is InChI=1S/C20H33Br/c1-6-7-8-9-10-11-12-13-14-19-15(2)17(4)20(21)18(5)16(19)3/h6-14H2,1-5H3. The minimum Gasteiger partial charge on any atom is -0.0654 e. The van der Waals surface area contributed by atoms with Crippen molar-refractivity contribution in [1.29, 1.82) is 0 Å². The Bertz CT molecular complexity index is 417. The average molecular weight is 353 g/mol. The van der Waals surface area contributed by atoms with E-state index in [0.29, 0.717) is 0 Å². The highest BCUT2D eigenvalue weighted by molar-refractivity contribution is 9.10. The molecule has 1 rings (SSSR count). The Kier molecular flexibility index (Phi) is 8.63. The van der Waals surface area contributed by atoms with Crippen molar-refractivity contribution in [3.05, 3.63) is 32.3 Å². The van der Waals surface area contributed by atoms with Crippen LogP contribution in [0.25, 0.3) is 0 Å². The predicted octanol–water partition coefficient (Wildman–Crippen LogP) is 7.37. The van der Waals surface area contributed by atoms with E-state index in [4.69, 9.17) is 0 Å². The maximum atomic E-state index is 3.74. The number of hydrogen-bond acceptors (Lipinski definition) is 0. The highest BCUT2D eigenvalue weighted by Gasteiger charge is 2.12. The maximum absolute atomic E-state index is 3.74. The van der Waals surface area contributed by atoms with Crippen LogP contribution in [0.1, 0.15) is 86.1 Å². The maximum Gasteiger partial charge on any atom is 0.0239 e. The van der Waals surface area contributed by atoms with Crippen LogP contribution in [0.3, 0.4) is 0 Å². The summed E-state index contributed by atoms with van der Waals surface area (Å²) in [5, 5.41) is 0. The van der Waals surface area contributed by atoms with Gasteiger partial charge in [-0.1, -0.05) is 67.8 Å². The largest absolute Gasteiger partial charge is 0.0654 e. The molecule has 0 fully saturated rings. The Labute approximate surface area is 140 Å². The lowest BCUT2D eigenvalue weighted by Crippen LogP contribution is -2.01. The van der Waals surface area contributed by atoms with Crippen LogP contribution in [0.15, 0.2) is 4.47 Å². The van der Waals surface area contributed by atoms with Gasteiger partial charge in [0.1, 0.15) is 0 Å². The van der Waals surface area contributed by atoms with Crippen LogP contribution in [-0.2, 0) is 6.42 Å². The van der Waals surface area contributed by atoms with Crippen LogP contribution in [0.2, 0.25) is 0 Å². The van der Waals surface area contributed by atoms with Crippen molar-refractivity contribution in [3.8, 4) is 0 Å². The molecule has 0 aliphatic heterocycles. The zero-order valence-electron chi connectivity index (χ0n) is 14.7. The molecule has 0 spiro atoms. The van der Waals surface area contributed by atoms with Gasteiger partial charge in [-0.15, -0.1) is 0 Å². The second kappa shape index (κ2) is 9.66. The molecule has 0 unspecified atom stereocenters. The summed E-state index contributed by atoms with van der Waals surface area (Å²) in [5.41, 5.74) is 7.43. The summed E-state index contributed by atoms with van der Waals surface area (Å²) in [6.07, 6.45) is 12.4. The van der Waals surface area contributed by atoms with E-state index < -0.39 is 0 Å². The summed E-state index contributed by atoms with van der Waals surface area (Å²) in [6.45, 7) is 11.3. The second-order valence-corrected chi connectivity index (χ2v) is 7.31. The predicted molar refractivity (Wildman–Crippen MR) is 99.4 cm³/mol. The third kappa shape index (κ3) is 5.43. The molecule has 1 heteroatoms. The minimum absolute atomic E-state index is 1.25. The zero-order valence-corrected chi connectivity index (χ0v) is 16.3. The molecule has 120 valence electrons. The number of rotatable bonds is 9. The van der Waals surface area contributed by atoms with E-state index in [2.05, 4.69) is 50.5 Å². The van der Waals surface area contributed by atoms with Crippen LogP contribution < -0.4 is 0 Å². The van der Waals surface area contributed by atoms with Gasteiger partial charge in [0.05, 0.1) is 0 Å². The Morgan fingerprint density at radius 2 is 1.05 bits per heavy atom. The fraction of sp³-hybridized carbons (Fsp3) is 0.700. The molecule has 0 aliphatic rings. The van der Waals surface area contributed by atoms with E-state index in [1.54, 1.807) is 5.56 Å². The fourth-order valence-corrected chi connectivity index (χ4v) is 3.75. The second-order valence-electron chi connectivity index (χ2n) is 6.52. The summed E-state index contributed by atoms with van der Waals surface area (Å²) < 4.78 is 1.30. The van der Waals surface area contributed by atoms with E-state index >= 15 is 0 Å². The van der Waals surface area contributed by atoms with Gasteiger partial charge in [0.25, 0.3) is 0 Å². The van der Waals surface area contributed by atoms with Gasteiger partial charge in [0, 0.05) is 4.47 Å². The van der Waals surface area contributed by atoms with Gasteiger partial charge in [-0.3, -0.25) is 0 Å². The Balaban J connectivity index is 2.43. The smallest absolute Gasteiger partial charge is 0.0239 e. The number of hydrogen-bond donors (Lipinski definition) is 0. The van der Waals surface area contributed by atoms with Gasteiger partial charge in [0.2, 0.25) is 0 Å². The van der Waals surface area contributed by atoms with Gasteiger partial charge >= 0.3 is 0 Å². The minimum atomic E-state index is 1.25. The number of halogens is 1. The summed E-state index contributed by atoms with van der Waals surface area (Å²) in [7, 11) is 0. The molecule has 0 N–H and O–H groups in total. The average Bonchev–Trinajstić information content (AvgIpc) is 2.49. The topological polar surface area (TPSA) is 0 Å². The lowest BCUT2D eigenvalue weighted by molar-refractivity contribution is 0.575. The monoisotopic (exact) mass is 352 g/mol. The quantitative estimate of drug-likeness (QED) is 0.407. The van der Waals surface area contributed by atoms with Crippen LogP contribution in [0.5, 0.6) is 0 Å². The summed E-state index contributed by atoms with van der Waals surface area (Å²) >= 11 is 3.74. The molecule has 0 radical (unpaired) electrons. The number of benzene rings is 1. The molecular formula is C20H33Br. The van der Waals surface area contributed by atoms with E-state index in [1.165, 1.54) is 84.5 Å². The van der Waals surface area contributed by atoms with Crippen molar-refractivity contribution in [2.75, 3.05) is 0 Å². The fourth-order valence-electron chi connectivity index (χ4n) is 3.16. The Morgan fingerprint density at radius 3 is 1.52 bits per heavy atom. The molecule has 1 aromatic rings. The summed E-state index contributed by atoms with van der Waals surface area (Å²) in [6, 6.07) is 0. The Morgan fingerprint density at radius 1 is 0.619 bits per heavy atom. The van der Waals surface area contributed by atoms with Crippen molar-refractivity contribution < 1.29 is 0 Å². The number of unbranched alkanes of at least 4 members (excludes halogenated alkanes) is 7. The van der Waals surface area contributed by atoms with E-state index in [0.717, 1.165) is 0 Å². The van der Waals surface area contributed by atoms with Gasteiger partial charge in [-0.05, 0) is 68.4 Å². The molecule has 0 saturated carbocycles. The van der Waals surface area contributed by atoms with Crippen molar-refractivity contribution in [2.24, 2.45) is 0 Å². The van der Waals surface area contributed by atoms with Crippen molar-refractivity contribution in [2.45, 2.75) is 92.4 Å². The van der Waals surface area contributed by atoms with Crippen LogP contribution >= 0.6 is 15.9 Å². The molecule has 1 aromatic carbocycles. The molecule has 0 aliphatic carbocycles.